The SMILES string of the molecule is CC(=N)c1cc(C(=O)NS(=O)(=O)N2CCC2)c(F)cc1NCC12CC3CC(CC(C3)C1)C2. The third kappa shape index (κ3) is 3.94. The van der Waals surface area contributed by atoms with Gasteiger partial charge in [0.1, 0.15) is 5.82 Å². The summed E-state index contributed by atoms with van der Waals surface area (Å²) in [4.78, 5) is 12.6. The van der Waals surface area contributed by atoms with E-state index in [0.717, 1.165) is 35.0 Å². The van der Waals surface area contributed by atoms with Gasteiger partial charge in [-0.25, -0.2) is 9.11 Å². The van der Waals surface area contributed by atoms with Gasteiger partial charge in [0.05, 0.1) is 5.56 Å². The van der Waals surface area contributed by atoms with Crippen LogP contribution in [0.3, 0.4) is 0 Å². The van der Waals surface area contributed by atoms with Crippen LogP contribution in [0.15, 0.2) is 12.1 Å². The van der Waals surface area contributed by atoms with E-state index in [0.29, 0.717) is 24.3 Å². The van der Waals surface area contributed by atoms with Crippen molar-refractivity contribution in [2.45, 2.75) is 51.9 Å². The van der Waals surface area contributed by atoms with Gasteiger partial charge in [0.25, 0.3) is 5.91 Å². The fourth-order valence-electron chi connectivity index (χ4n) is 6.76. The Morgan fingerprint density at radius 2 is 1.72 bits per heavy atom. The van der Waals surface area contributed by atoms with Gasteiger partial charge in [-0.2, -0.15) is 12.7 Å². The molecule has 1 aliphatic heterocycles. The minimum absolute atomic E-state index is 0.192. The molecule has 4 saturated carbocycles. The molecule has 6 rings (SSSR count). The minimum Gasteiger partial charge on any atom is -0.384 e. The first-order valence-corrected chi connectivity index (χ1v) is 13.0. The van der Waals surface area contributed by atoms with Crippen LogP contribution in [0.2, 0.25) is 0 Å². The Morgan fingerprint density at radius 1 is 1.12 bits per heavy atom. The van der Waals surface area contributed by atoms with Crippen LogP contribution < -0.4 is 10.0 Å². The molecule has 5 aliphatic rings. The van der Waals surface area contributed by atoms with Gasteiger partial charge in [0.2, 0.25) is 0 Å². The molecule has 4 aliphatic carbocycles. The first-order valence-electron chi connectivity index (χ1n) is 11.6. The number of carbonyl (C=O) groups is 1. The van der Waals surface area contributed by atoms with Gasteiger partial charge in [0.15, 0.2) is 0 Å². The molecule has 1 heterocycles. The molecule has 0 atom stereocenters. The van der Waals surface area contributed by atoms with Crippen molar-refractivity contribution in [1.29, 1.82) is 5.41 Å². The lowest BCUT2D eigenvalue weighted by molar-refractivity contribution is -0.0444. The fourth-order valence-corrected chi connectivity index (χ4v) is 7.97. The number of halogens is 1. The van der Waals surface area contributed by atoms with E-state index in [2.05, 4.69) is 5.32 Å². The molecular formula is C23H31FN4O3S. The number of amides is 1. The Hall–Kier alpha value is -2.00. The minimum atomic E-state index is -3.97. The summed E-state index contributed by atoms with van der Waals surface area (Å²) in [5.41, 5.74) is 0.976. The van der Waals surface area contributed by atoms with Crippen molar-refractivity contribution in [2.75, 3.05) is 25.0 Å². The molecule has 1 aromatic carbocycles. The highest BCUT2D eigenvalue weighted by atomic mass is 32.2. The highest BCUT2D eigenvalue weighted by Crippen LogP contribution is 2.60. The first-order chi connectivity index (χ1) is 15.1. The van der Waals surface area contributed by atoms with Crippen molar-refractivity contribution in [1.82, 2.24) is 9.03 Å². The highest BCUT2D eigenvalue weighted by molar-refractivity contribution is 7.87. The summed E-state index contributed by atoms with van der Waals surface area (Å²) in [5, 5.41) is 11.6. The molecule has 0 radical (unpaired) electrons. The molecular weight excluding hydrogens is 431 g/mol. The summed E-state index contributed by atoms with van der Waals surface area (Å²) in [6, 6.07) is 2.53. The summed E-state index contributed by atoms with van der Waals surface area (Å²) in [6.45, 7) is 3.03. The Bertz CT molecular complexity index is 1030. The number of hydrogen-bond donors (Lipinski definition) is 3. The van der Waals surface area contributed by atoms with Gasteiger partial charge in [0, 0.05) is 36.6 Å². The van der Waals surface area contributed by atoms with Gasteiger partial charge in [-0.05, 0) is 87.2 Å². The smallest absolute Gasteiger partial charge is 0.304 e. The molecule has 1 saturated heterocycles. The number of rotatable bonds is 7. The maximum absolute atomic E-state index is 14.9. The van der Waals surface area contributed by atoms with E-state index < -0.39 is 21.9 Å². The van der Waals surface area contributed by atoms with E-state index in [1.54, 1.807) is 6.92 Å². The summed E-state index contributed by atoms with van der Waals surface area (Å²) in [6.07, 6.45) is 8.42. The molecule has 7 nitrogen and oxygen atoms in total. The van der Waals surface area contributed by atoms with E-state index in [1.807, 2.05) is 4.72 Å². The Labute approximate surface area is 188 Å². The van der Waals surface area contributed by atoms with E-state index in [9.17, 15) is 17.6 Å². The zero-order valence-electron chi connectivity index (χ0n) is 18.4. The number of anilines is 1. The van der Waals surface area contributed by atoms with Crippen LogP contribution >= 0.6 is 0 Å². The predicted octanol–water partition coefficient (Wildman–Crippen LogP) is 3.52. The zero-order valence-corrected chi connectivity index (χ0v) is 19.2. The largest absolute Gasteiger partial charge is 0.384 e. The predicted molar refractivity (Wildman–Crippen MR) is 121 cm³/mol. The molecule has 4 bridgehead atoms. The Balaban J connectivity index is 1.35. The third-order valence-electron chi connectivity index (χ3n) is 7.95. The van der Waals surface area contributed by atoms with Crippen molar-refractivity contribution in [3.8, 4) is 0 Å². The lowest BCUT2D eigenvalue weighted by Gasteiger charge is -2.57. The fraction of sp³-hybridized carbons (Fsp3) is 0.652. The van der Waals surface area contributed by atoms with Crippen LogP contribution in [0, 0.1) is 34.4 Å². The Morgan fingerprint density at radius 3 is 2.22 bits per heavy atom. The van der Waals surface area contributed by atoms with Gasteiger partial charge >= 0.3 is 10.2 Å². The quantitative estimate of drug-likeness (QED) is 0.540. The lowest BCUT2D eigenvalue weighted by atomic mass is 9.49. The summed E-state index contributed by atoms with van der Waals surface area (Å²) >= 11 is 0. The van der Waals surface area contributed by atoms with Crippen LogP contribution in [-0.2, 0) is 10.2 Å². The topological polar surface area (TPSA) is 102 Å². The molecule has 32 heavy (non-hydrogen) atoms. The number of carbonyl (C=O) groups excluding carboxylic acids is 1. The van der Waals surface area contributed by atoms with E-state index >= 15 is 0 Å². The molecule has 3 N–H and O–H groups in total. The van der Waals surface area contributed by atoms with Crippen molar-refractivity contribution in [3.05, 3.63) is 29.1 Å². The zero-order chi connectivity index (χ0) is 22.7. The van der Waals surface area contributed by atoms with E-state index in [-0.39, 0.29) is 16.7 Å². The van der Waals surface area contributed by atoms with Crippen molar-refractivity contribution in [2.24, 2.45) is 23.2 Å². The molecule has 1 aromatic rings. The van der Waals surface area contributed by atoms with E-state index in [4.69, 9.17) is 5.41 Å². The van der Waals surface area contributed by atoms with Gasteiger partial charge < -0.3 is 10.7 Å². The first kappa shape index (κ1) is 21.8. The Kier molecular flexibility index (Phi) is 5.32. The normalized spacial score (nSPS) is 31.2. The summed E-state index contributed by atoms with van der Waals surface area (Å²) < 4.78 is 42.5. The number of nitrogens with zero attached hydrogens (tertiary/aromatic N) is 1. The summed E-state index contributed by atoms with van der Waals surface area (Å²) in [5.74, 6) is 0.623. The van der Waals surface area contributed by atoms with Crippen LogP contribution in [0.1, 0.15) is 67.8 Å². The summed E-state index contributed by atoms with van der Waals surface area (Å²) in [7, 11) is -3.97. The average molecular weight is 463 g/mol. The molecule has 0 aromatic heterocycles. The van der Waals surface area contributed by atoms with Crippen LogP contribution in [-0.4, -0.2) is 44.0 Å². The van der Waals surface area contributed by atoms with Crippen LogP contribution in [0.4, 0.5) is 10.1 Å². The molecule has 0 unspecified atom stereocenters. The number of nitrogens with one attached hydrogen (secondary N) is 3. The molecule has 9 heteroatoms. The second-order valence-corrected chi connectivity index (χ2v) is 12.1. The second kappa shape index (κ2) is 7.80. The van der Waals surface area contributed by atoms with Gasteiger partial charge in [-0.3, -0.25) is 4.79 Å². The average Bonchev–Trinajstić information content (AvgIpc) is 2.62. The maximum Gasteiger partial charge on any atom is 0.304 e. The number of benzene rings is 1. The molecule has 5 fully saturated rings. The standard InChI is InChI=1S/C23H31FN4O3S/c1-14(25)18-8-19(22(29)27-32(30,31)28-3-2-4-28)20(24)9-21(18)26-13-23-10-15-5-16(11-23)7-17(6-15)12-23/h8-9,15-17,25-26H,2-7,10-13H2,1H3,(H,27,29). The van der Waals surface area contributed by atoms with Crippen LogP contribution in [0.5, 0.6) is 0 Å². The second-order valence-electron chi connectivity index (χ2n) is 10.5. The maximum atomic E-state index is 14.9. The lowest BCUT2D eigenvalue weighted by Crippen LogP contribution is -2.50. The molecule has 0 spiro atoms. The highest BCUT2D eigenvalue weighted by Gasteiger charge is 2.50. The van der Waals surface area contributed by atoms with Crippen molar-refractivity contribution in [3.63, 3.8) is 0 Å². The van der Waals surface area contributed by atoms with Crippen molar-refractivity contribution >= 4 is 27.5 Å². The van der Waals surface area contributed by atoms with Gasteiger partial charge in [-0.1, -0.05) is 0 Å². The number of hydrogen-bond acceptors (Lipinski definition) is 5. The van der Waals surface area contributed by atoms with Gasteiger partial charge in [-0.15, -0.1) is 0 Å². The van der Waals surface area contributed by atoms with E-state index in [1.165, 1.54) is 50.7 Å². The molecule has 174 valence electrons. The van der Waals surface area contributed by atoms with Crippen LogP contribution in [0.25, 0.3) is 0 Å². The monoisotopic (exact) mass is 462 g/mol. The van der Waals surface area contributed by atoms with Crippen molar-refractivity contribution < 1.29 is 17.6 Å². The molecule has 1 amide bonds. The third-order valence-corrected chi connectivity index (χ3v) is 9.44.